The summed E-state index contributed by atoms with van der Waals surface area (Å²) >= 11 is 0. The van der Waals surface area contributed by atoms with Crippen LogP contribution in [0.3, 0.4) is 0 Å². The molecule has 0 aliphatic carbocycles. The molecule has 1 heterocycles. The van der Waals surface area contributed by atoms with Gasteiger partial charge >= 0.3 is 0 Å². The predicted molar refractivity (Wildman–Crippen MR) is 102 cm³/mol. The van der Waals surface area contributed by atoms with Crippen molar-refractivity contribution in [2.75, 3.05) is 0 Å². The number of hydrogen-bond acceptors (Lipinski definition) is 6. The van der Waals surface area contributed by atoms with Gasteiger partial charge in [0.1, 0.15) is 11.5 Å². The third-order valence-corrected chi connectivity index (χ3v) is 5.26. The largest absolute Gasteiger partial charge is 0.508 e. The molecule has 0 atom stereocenters. The maximum Gasteiger partial charge on any atom is 0.269 e. The van der Waals surface area contributed by atoms with Crippen LogP contribution in [0.1, 0.15) is 26.5 Å². The number of furan rings is 1. The second-order valence-electron chi connectivity index (χ2n) is 5.89. The molecule has 10 heteroatoms. The molecule has 0 radical (unpaired) electrons. The molecule has 150 valence electrons. The van der Waals surface area contributed by atoms with Crippen LogP contribution < -0.4 is 15.6 Å². The normalized spacial score (nSPS) is 11.0. The summed E-state index contributed by atoms with van der Waals surface area (Å²) in [5.74, 6) is -0.866. The lowest BCUT2D eigenvalue weighted by atomic mass is 10.2. The Bertz CT molecular complexity index is 1110. The van der Waals surface area contributed by atoms with E-state index in [1.807, 2.05) is 0 Å². The Labute approximate surface area is 166 Å². The topological polar surface area (TPSA) is 138 Å². The van der Waals surface area contributed by atoms with Gasteiger partial charge in [0.2, 0.25) is 10.0 Å². The van der Waals surface area contributed by atoms with Crippen molar-refractivity contribution >= 4 is 21.8 Å². The maximum absolute atomic E-state index is 12.3. The van der Waals surface area contributed by atoms with Crippen molar-refractivity contribution in [3.63, 3.8) is 0 Å². The first-order valence-corrected chi connectivity index (χ1v) is 9.85. The first-order chi connectivity index (χ1) is 13.8. The predicted octanol–water partition coefficient (Wildman–Crippen LogP) is 1.54. The summed E-state index contributed by atoms with van der Waals surface area (Å²) < 4.78 is 32.0. The lowest BCUT2D eigenvalue weighted by Gasteiger charge is -2.09. The quantitative estimate of drug-likeness (QED) is 0.451. The van der Waals surface area contributed by atoms with E-state index in [1.54, 1.807) is 12.1 Å². The fourth-order valence-corrected chi connectivity index (χ4v) is 3.35. The SMILES string of the molecule is O=C(NNC(=O)c1cccc(O)c1)c1ccc(S(=O)(=O)NCc2ccco2)cc1. The first-order valence-electron chi connectivity index (χ1n) is 8.37. The van der Waals surface area contributed by atoms with Gasteiger partial charge in [-0.3, -0.25) is 20.4 Å². The minimum atomic E-state index is -3.78. The summed E-state index contributed by atoms with van der Waals surface area (Å²) in [4.78, 5) is 24.1. The summed E-state index contributed by atoms with van der Waals surface area (Å²) in [6.45, 7) is -0.00135. The molecular weight excluding hydrogens is 398 g/mol. The van der Waals surface area contributed by atoms with E-state index in [0.29, 0.717) is 5.76 Å². The molecule has 0 fully saturated rings. The van der Waals surface area contributed by atoms with Gasteiger partial charge in [0.25, 0.3) is 11.8 Å². The van der Waals surface area contributed by atoms with Gasteiger partial charge in [0.05, 0.1) is 17.7 Å². The van der Waals surface area contributed by atoms with E-state index in [2.05, 4.69) is 15.6 Å². The van der Waals surface area contributed by atoms with E-state index in [1.165, 1.54) is 54.8 Å². The van der Waals surface area contributed by atoms with Crippen LogP contribution >= 0.6 is 0 Å². The van der Waals surface area contributed by atoms with Gasteiger partial charge in [-0.2, -0.15) is 0 Å². The van der Waals surface area contributed by atoms with Crippen LogP contribution in [0.5, 0.6) is 5.75 Å². The molecule has 0 saturated carbocycles. The van der Waals surface area contributed by atoms with Crippen LogP contribution in [0.15, 0.2) is 76.2 Å². The Kier molecular flexibility index (Phi) is 5.96. The number of nitrogens with one attached hydrogen (secondary N) is 3. The number of hydrogen-bond donors (Lipinski definition) is 4. The number of carbonyl (C=O) groups excluding carboxylic acids is 2. The van der Waals surface area contributed by atoms with E-state index in [0.717, 1.165) is 0 Å². The molecule has 9 nitrogen and oxygen atoms in total. The van der Waals surface area contributed by atoms with Crippen LogP contribution in [0.2, 0.25) is 0 Å². The van der Waals surface area contributed by atoms with Crippen LogP contribution in [0, 0.1) is 0 Å². The van der Waals surface area contributed by atoms with Crippen molar-refractivity contribution in [1.82, 2.24) is 15.6 Å². The van der Waals surface area contributed by atoms with Gasteiger partial charge in [0.15, 0.2) is 0 Å². The fourth-order valence-electron chi connectivity index (χ4n) is 2.35. The smallest absolute Gasteiger partial charge is 0.269 e. The number of amides is 2. The van der Waals surface area contributed by atoms with Crippen molar-refractivity contribution in [3.8, 4) is 5.75 Å². The van der Waals surface area contributed by atoms with E-state index in [9.17, 15) is 23.1 Å². The highest BCUT2D eigenvalue weighted by Crippen LogP contribution is 2.12. The Morgan fingerprint density at radius 1 is 0.897 bits per heavy atom. The molecule has 0 bridgehead atoms. The molecule has 0 unspecified atom stereocenters. The second kappa shape index (κ2) is 8.59. The third kappa shape index (κ3) is 5.21. The molecule has 0 spiro atoms. The maximum atomic E-state index is 12.3. The van der Waals surface area contributed by atoms with Crippen molar-refractivity contribution in [2.45, 2.75) is 11.4 Å². The van der Waals surface area contributed by atoms with Crippen LogP contribution in [0.4, 0.5) is 0 Å². The zero-order valence-corrected chi connectivity index (χ0v) is 15.8. The van der Waals surface area contributed by atoms with E-state index in [-0.39, 0.29) is 28.3 Å². The Morgan fingerprint density at radius 3 is 2.21 bits per heavy atom. The summed E-state index contributed by atoms with van der Waals surface area (Å²) in [7, 11) is -3.78. The molecule has 3 aromatic rings. The average molecular weight is 415 g/mol. The Hall–Kier alpha value is -3.63. The highest BCUT2D eigenvalue weighted by atomic mass is 32.2. The first kappa shape index (κ1) is 20.1. The lowest BCUT2D eigenvalue weighted by molar-refractivity contribution is 0.0846. The van der Waals surface area contributed by atoms with Crippen molar-refractivity contribution < 1.29 is 27.5 Å². The molecule has 0 saturated heterocycles. The summed E-state index contributed by atoms with van der Waals surface area (Å²) in [6, 6.07) is 14.1. The molecule has 0 aliphatic rings. The molecule has 0 aliphatic heterocycles. The molecule has 29 heavy (non-hydrogen) atoms. The monoisotopic (exact) mass is 415 g/mol. The minimum absolute atomic E-state index is 0.00135. The molecule has 1 aromatic heterocycles. The number of phenolic OH excluding ortho intramolecular Hbond substituents is 1. The lowest BCUT2D eigenvalue weighted by Crippen LogP contribution is -2.41. The zero-order chi connectivity index (χ0) is 20.9. The van der Waals surface area contributed by atoms with Gasteiger partial charge < -0.3 is 9.52 Å². The number of rotatable bonds is 6. The summed E-state index contributed by atoms with van der Waals surface area (Å²) in [5, 5.41) is 9.37. The molecule has 2 amide bonds. The summed E-state index contributed by atoms with van der Waals surface area (Å²) in [5.41, 5.74) is 4.74. The number of phenols is 1. The van der Waals surface area contributed by atoms with Crippen molar-refractivity contribution in [1.29, 1.82) is 0 Å². The van der Waals surface area contributed by atoms with Gasteiger partial charge in [-0.15, -0.1) is 0 Å². The van der Waals surface area contributed by atoms with Gasteiger partial charge in [-0.05, 0) is 54.6 Å². The van der Waals surface area contributed by atoms with Crippen molar-refractivity contribution in [2.24, 2.45) is 0 Å². The number of carbonyl (C=O) groups is 2. The highest BCUT2D eigenvalue weighted by molar-refractivity contribution is 7.89. The van der Waals surface area contributed by atoms with E-state index >= 15 is 0 Å². The van der Waals surface area contributed by atoms with Crippen LogP contribution in [0.25, 0.3) is 0 Å². The van der Waals surface area contributed by atoms with E-state index in [4.69, 9.17) is 4.42 Å². The van der Waals surface area contributed by atoms with Crippen LogP contribution in [-0.4, -0.2) is 25.3 Å². The zero-order valence-electron chi connectivity index (χ0n) is 15.0. The van der Waals surface area contributed by atoms with Gasteiger partial charge in [-0.1, -0.05) is 6.07 Å². The molecular formula is C19H17N3O6S. The second-order valence-corrected chi connectivity index (χ2v) is 7.65. The Morgan fingerprint density at radius 2 is 1.59 bits per heavy atom. The summed E-state index contributed by atoms with van der Waals surface area (Å²) in [6.07, 6.45) is 1.44. The number of sulfonamides is 1. The fraction of sp³-hybridized carbons (Fsp3) is 0.0526. The number of aromatic hydroxyl groups is 1. The van der Waals surface area contributed by atoms with Crippen molar-refractivity contribution in [3.05, 3.63) is 83.8 Å². The number of hydrazine groups is 1. The molecule has 4 N–H and O–H groups in total. The Balaban J connectivity index is 1.58. The minimum Gasteiger partial charge on any atom is -0.508 e. The van der Waals surface area contributed by atoms with Gasteiger partial charge in [0, 0.05) is 11.1 Å². The molecule has 2 aromatic carbocycles. The molecule has 3 rings (SSSR count). The highest BCUT2D eigenvalue weighted by Gasteiger charge is 2.16. The van der Waals surface area contributed by atoms with E-state index < -0.39 is 21.8 Å². The third-order valence-electron chi connectivity index (χ3n) is 3.84. The average Bonchev–Trinajstić information content (AvgIpc) is 3.24. The van der Waals surface area contributed by atoms with Crippen LogP contribution in [-0.2, 0) is 16.6 Å². The standard InChI is InChI=1S/C19H17N3O6S/c23-15-4-1-3-14(11-15)19(25)22-21-18(24)13-6-8-17(9-7-13)29(26,27)20-12-16-5-2-10-28-16/h1-11,20,23H,12H2,(H,21,24)(H,22,25). The number of benzene rings is 2. The van der Waals surface area contributed by atoms with Gasteiger partial charge in [-0.25, -0.2) is 13.1 Å².